The first kappa shape index (κ1) is 30.5. The lowest BCUT2D eigenvalue weighted by Gasteiger charge is -1.90. The molecule has 0 aromatic carbocycles. The van der Waals surface area contributed by atoms with Crippen LogP contribution in [0, 0.1) is 23.7 Å². The molecule has 0 spiro atoms. The highest BCUT2D eigenvalue weighted by Crippen LogP contribution is 1.91. The summed E-state index contributed by atoms with van der Waals surface area (Å²) in [5.74, 6) is 1.89. The molecule has 0 rings (SSSR count). The summed E-state index contributed by atoms with van der Waals surface area (Å²) in [6, 6.07) is 0. The van der Waals surface area contributed by atoms with Crippen molar-refractivity contribution >= 4 is 23.1 Å². The molecule has 144 valence electrons. The first-order valence-electron chi connectivity index (χ1n) is 8.59. The zero-order chi connectivity index (χ0) is 20.6. The Kier molecular flexibility index (Phi) is 22.9. The fourth-order valence-corrected chi connectivity index (χ4v) is 0. The summed E-state index contributed by atoms with van der Waals surface area (Å²) in [5.41, 5.74) is 0. The van der Waals surface area contributed by atoms with E-state index in [1.165, 1.54) is 0 Å². The topological polar surface area (TPSA) is 68.3 Å². The summed E-state index contributed by atoms with van der Waals surface area (Å²) < 4.78 is 0. The molecule has 4 heteroatoms. The van der Waals surface area contributed by atoms with Crippen molar-refractivity contribution in [1.29, 1.82) is 0 Å². The highest BCUT2D eigenvalue weighted by Gasteiger charge is 1.96. The van der Waals surface area contributed by atoms with E-state index >= 15 is 0 Å². The van der Waals surface area contributed by atoms with Gasteiger partial charge in [-0.1, -0.05) is 55.4 Å². The van der Waals surface area contributed by atoms with Crippen LogP contribution in [-0.4, -0.2) is 23.1 Å². The van der Waals surface area contributed by atoms with Crippen molar-refractivity contribution in [2.75, 3.05) is 0 Å². The van der Waals surface area contributed by atoms with E-state index in [9.17, 15) is 19.2 Å². The van der Waals surface area contributed by atoms with Gasteiger partial charge in [0.25, 0.3) is 0 Å². The predicted octanol–water partition coefficient (Wildman–Crippen LogP) is 4.93. The summed E-state index contributed by atoms with van der Waals surface area (Å²) in [6.45, 7) is 21.5. The average Bonchev–Trinajstić information content (AvgIpc) is 2.40. The maximum absolute atomic E-state index is 10.1. The van der Waals surface area contributed by atoms with Crippen molar-refractivity contribution in [3.8, 4) is 0 Å². The van der Waals surface area contributed by atoms with E-state index in [0.29, 0.717) is 0 Å². The Hall–Kier alpha value is -1.32. The van der Waals surface area contributed by atoms with E-state index in [0.717, 1.165) is 0 Å². The summed E-state index contributed by atoms with van der Waals surface area (Å²) >= 11 is 0. The molecule has 0 N–H and O–H groups in total. The molecule has 24 heavy (non-hydrogen) atoms. The molecule has 0 aromatic heterocycles. The Bertz CT molecular complexity index is 292. The van der Waals surface area contributed by atoms with E-state index in [1.54, 1.807) is 27.7 Å². The molecule has 0 saturated carbocycles. The number of ketones is 4. The van der Waals surface area contributed by atoms with E-state index in [2.05, 4.69) is 0 Å². The largest absolute Gasteiger partial charge is 0.300 e. The second-order valence-electron chi connectivity index (χ2n) is 7.06. The number of rotatable bonds is 4. The number of carbonyl (C=O) groups excluding carboxylic acids is 4. The first-order valence-corrected chi connectivity index (χ1v) is 8.59. The summed E-state index contributed by atoms with van der Waals surface area (Å²) in [7, 11) is 0. The van der Waals surface area contributed by atoms with Crippen LogP contribution in [0.4, 0.5) is 0 Å². The van der Waals surface area contributed by atoms with Gasteiger partial charge < -0.3 is 0 Å². The van der Waals surface area contributed by atoms with Gasteiger partial charge in [0.05, 0.1) is 0 Å². The summed E-state index contributed by atoms with van der Waals surface area (Å²) in [5, 5.41) is 0. The van der Waals surface area contributed by atoms with Crippen LogP contribution < -0.4 is 0 Å². The lowest BCUT2D eigenvalue weighted by molar-refractivity contribution is -0.120. The minimum absolute atomic E-state index is 0.213. The fourth-order valence-electron chi connectivity index (χ4n) is 0. The molecule has 0 bridgehead atoms. The van der Waals surface area contributed by atoms with E-state index in [4.69, 9.17) is 0 Å². The summed E-state index contributed by atoms with van der Waals surface area (Å²) in [4.78, 5) is 40.6. The number of Topliss-reactive ketones (excluding diaryl/α,β-unsaturated/α-hetero) is 4. The number of carbonyl (C=O) groups is 4. The third-order valence-corrected chi connectivity index (χ3v) is 3.25. The Morgan fingerprint density at radius 3 is 0.417 bits per heavy atom. The molecule has 0 aliphatic carbocycles. The molecule has 0 heterocycles. The van der Waals surface area contributed by atoms with Crippen LogP contribution in [0.25, 0.3) is 0 Å². The molecule has 0 saturated heterocycles. The highest BCUT2D eigenvalue weighted by atomic mass is 16.1. The van der Waals surface area contributed by atoms with Gasteiger partial charge in [-0.05, 0) is 27.7 Å². The van der Waals surface area contributed by atoms with Crippen molar-refractivity contribution in [2.45, 2.75) is 83.1 Å². The standard InChI is InChI=1S/4C5H10O/c4*1-4(2)5(3)6/h4*4H,1-3H3. The summed E-state index contributed by atoms with van der Waals surface area (Å²) in [6.07, 6.45) is 0. The van der Waals surface area contributed by atoms with Gasteiger partial charge in [-0.2, -0.15) is 0 Å². The van der Waals surface area contributed by atoms with Gasteiger partial charge in [0, 0.05) is 23.7 Å². The molecular weight excluding hydrogens is 304 g/mol. The molecule has 0 unspecified atom stereocenters. The number of hydrogen-bond donors (Lipinski definition) is 0. The quantitative estimate of drug-likeness (QED) is 0.725. The SMILES string of the molecule is CC(=O)C(C)C.CC(=O)C(C)C.CC(=O)C(C)C.CC(=O)C(C)C. The molecule has 0 radical (unpaired) electrons. The smallest absolute Gasteiger partial charge is 0.132 e. The zero-order valence-electron chi connectivity index (χ0n) is 17.9. The molecule has 0 aliphatic rings. The zero-order valence-corrected chi connectivity index (χ0v) is 17.9. The molecule has 0 aliphatic heterocycles. The van der Waals surface area contributed by atoms with Crippen molar-refractivity contribution < 1.29 is 19.2 Å². The van der Waals surface area contributed by atoms with Crippen molar-refractivity contribution in [3.05, 3.63) is 0 Å². The van der Waals surface area contributed by atoms with Gasteiger partial charge in [0.15, 0.2) is 0 Å². The van der Waals surface area contributed by atoms with Gasteiger partial charge in [-0.15, -0.1) is 0 Å². The maximum Gasteiger partial charge on any atom is 0.132 e. The van der Waals surface area contributed by atoms with Gasteiger partial charge in [0.1, 0.15) is 23.1 Å². The van der Waals surface area contributed by atoms with Gasteiger partial charge >= 0.3 is 0 Å². The second-order valence-corrected chi connectivity index (χ2v) is 7.06. The second kappa shape index (κ2) is 18.0. The Morgan fingerprint density at radius 1 is 0.375 bits per heavy atom. The normalized spacial score (nSPS) is 9.33. The maximum atomic E-state index is 10.1. The third-order valence-electron chi connectivity index (χ3n) is 3.25. The van der Waals surface area contributed by atoms with Gasteiger partial charge in [0.2, 0.25) is 0 Å². The Morgan fingerprint density at radius 2 is 0.417 bits per heavy atom. The minimum atomic E-state index is 0.213. The minimum Gasteiger partial charge on any atom is -0.300 e. The van der Waals surface area contributed by atoms with E-state index in [-0.39, 0.29) is 46.8 Å². The van der Waals surface area contributed by atoms with Crippen LogP contribution in [0.5, 0.6) is 0 Å². The lowest BCUT2D eigenvalue weighted by Crippen LogP contribution is -1.98. The van der Waals surface area contributed by atoms with Gasteiger partial charge in [-0.25, -0.2) is 0 Å². The lowest BCUT2D eigenvalue weighted by atomic mass is 10.1. The molecule has 4 nitrogen and oxygen atoms in total. The van der Waals surface area contributed by atoms with Crippen LogP contribution in [0.1, 0.15) is 83.1 Å². The Labute approximate surface area is 149 Å². The fraction of sp³-hybridized carbons (Fsp3) is 0.800. The number of hydrogen-bond acceptors (Lipinski definition) is 4. The van der Waals surface area contributed by atoms with Crippen molar-refractivity contribution in [3.63, 3.8) is 0 Å². The average molecular weight is 345 g/mol. The van der Waals surface area contributed by atoms with Crippen LogP contribution in [-0.2, 0) is 19.2 Å². The monoisotopic (exact) mass is 344 g/mol. The molecule has 0 aromatic rings. The van der Waals surface area contributed by atoms with Crippen LogP contribution in [0.2, 0.25) is 0 Å². The molecule has 0 fully saturated rings. The van der Waals surface area contributed by atoms with Gasteiger partial charge in [-0.3, -0.25) is 19.2 Å². The molecular formula is C20H40O4. The highest BCUT2D eigenvalue weighted by molar-refractivity contribution is 5.78. The molecule has 0 atom stereocenters. The van der Waals surface area contributed by atoms with Crippen molar-refractivity contribution in [2.24, 2.45) is 23.7 Å². The van der Waals surface area contributed by atoms with Crippen LogP contribution >= 0.6 is 0 Å². The molecule has 0 amide bonds. The van der Waals surface area contributed by atoms with E-state index in [1.807, 2.05) is 55.4 Å². The third kappa shape index (κ3) is 37.2. The van der Waals surface area contributed by atoms with Crippen molar-refractivity contribution in [1.82, 2.24) is 0 Å². The van der Waals surface area contributed by atoms with Crippen LogP contribution in [0.15, 0.2) is 0 Å². The van der Waals surface area contributed by atoms with E-state index < -0.39 is 0 Å². The first-order chi connectivity index (χ1) is 10.6. The predicted molar refractivity (Wildman–Crippen MR) is 102 cm³/mol. The Balaban J connectivity index is -0.000000111. The van der Waals surface area contributed by atoms with Crippen LogP contribution in [0.3, 0.4) is 0 Å².